The molecule has 0 saturated carbocycles. The lowest BCUT2D eigenvalue weighted by molar-refractivity contribution is 0.117. The summed E-state index contributed by atoms with van der Waals surface area (Å²) in [5.74, 6) is 0.314. The van der Waals surface area contributed by atoms with E-state index in [1.54, 1.807) is 12.1 Å². The highest BCUT2D eigenvalue weighted by molar-refractivity contribution is 8.00. The second-order valence-corrected chi connectivity index (χ2v) is 7.83. The highest BCUT2D eigenvalue weighted by atomic mass is 32.2. The van der Waals surface area contributed by atoms with Crippen molar-refractivity contribution in [3.8, 4) is 5.75 Å². The second kappa shape index (κ2) is 8.56. The Hall–Kier alpha value is -1.49. The van der Waals surface area contributed by atoms with Gasteiger partial charge in [0.05, 0.1) is 6.10 Å². The lowest BCUT2D eigenvalue weighted by atomic mass is 10.1. The molecule has 24 heavy (non-hydrogen) atoms. The Labute approximate surface area is 148 Å². The second-order valence-electron chi connectivity index (χ2n) is 6.46. The number of aliphatic hydroxyl groups is 1. The monoisotopic (exact) mass is 343 g/mol. The van der Waals surface area contributed by atoms with Crippen LogP contribution >= 0.6 is 11.8 Å². The Morgan fingerprint density at radius 1 is 1.08 bits per heavy atom. The maximum atomic E-state index is 10.3. The number of rotatable bonds is 7. The van der Waals surface area contributed by atoms with Gasteiger partial charge in [-0.15, -0.1) is 11.8 Å². The van der Waals surface area contributed by atoms with E-state index in [4.69, 9.17) is 0 Å². The number of hydrogen-bond donors (Lipinski definition) is 2. The first kappa shape index (κ1) is 17.3. The number of phenols is 1. The third kappa shape index (κ3) is 5.26. The van der Waals surface area contributed by atoms with Crippen molar-refractivity contribution >= 4 is 11.8 Å². The summed E-state index contributed by atoms with van der Waals surface area (Å²) >= 11 is 1.87. The van der Waals surface area contributed by atoms with E-state index in [0.29, 0.717) is 11.0 Å². The van der Waals surface area contributed by atoms with Crippen molar-refractivity contribution in [2.45, 2.75) is 35.5 Å². The Morgan fingerprint density at radius 2 is 1.83 bits per heavy atom. The first-order valence-electron chi connectivity index (χ1n) is 8.59. The molecule has 3 nitrogen and oxygen atoms in total. The zero-order chi connectivity index (χ0) is 16.8. The number of benzene rings is 2. The first-order valence-corrected chi connectivity index (χ1v) is 9.47. The van der Waals surface area contributed by atoms with Gasteiger partial charge in [-0.25, -0.2) is 0 Å². The number of aliphatic hydroxyl groups excluding tert-OH is 1. The van der Waals surface area contributed by atoms with E-state index in [-0.39, 0.29) is 6.10 Å². The summed E-state index contributed by atoms with van der Waals surface area (Å²) in [4.78, 5) is 3.57. The van der Waals surface area contributed by atoms with Gasteiger partial charge in [-0.3, -0.25) is 4.90 Å². The van der Waals surface area contributed by atoms with Crippen LogP contribution in [-0.2, 0) is 6.42 Å². The molecule has 2 aromatic carbocycles. The van der Waals surface area contributed by atoms with Gasteiger partial charge in [0.1, 0.15) is 5.75 Å². The minimum Gasteiger partial charge on any atom is -0.508 e. The maximum absolute atomic E-state index is 10.3. The van der Waals surface area contributed by atoms with Crippen LogP contribution in [0.5, 0.6) is 5.75 Å². The molecule has 2 N–H and O–H groups in total. The summed E-state index contributed by atoms with van der Waals surface area (Å²) in [7, 11) is 0. The normalized spacial score (nSPS) is 19.5. The molecule has 1 fully saturated rings. The van der Waals surface area contributed by atoms with Crippen LogP contribution in [0, 0.1) is 0 Å². The highest BCUT2D eigenvalue weighted by Gasteiger charge is 2.24. The fraction of sp³-hybridized carbons (Fsp3) is 0.400. The van der Waals surface area contributed by atoms with Crippen LogP contribution in [0.15, 0.2) is 59.5 Å². The predicted octanol–water partition coefficient (Wildman–Crippen LogP) is 3.55. The van der Waals surface area contributed by atoms with Crippen molar-refractivity contribution in [1.29, 1.82) is 0 Å². The van der Waals surface area contributed by atoms with E-state index in [9.17, 15) is 10.2 Å². The molecular formula is C20H25NO2S. The fourth-order valence-corrected chi connectivity index (χ4v) is 4.33. The lowest BCUT2D eigenvalue weighted by Crippen LogP contribution is -2.31. The molecule has 128 valence electrons. The van der Waals surface area contributed by atoms with Gasteiger partial charge in [0.15, 0.2) is 0 Å². The quantitative estimate of drug-likeness (QED) is 0.807. The molecule has 1 aliphatic heterocycles. The van der Waals surface area contributed by atoms with Crippen LogP contribution in [0.3, 0.4) is 0 Å². The van der Waals surface area contributed by atoms with Crippen LogP contribution in [0.4, 0.5) is 0 Å². The van der Waals surface area contributed by atoms with Crippen molar-refractivity contribution in [1.82, 2.24) is 4.90 Å². The van der Waals surface area contributed by atoms with Crippen LogP contribution in [0.1, 0.15) is 18.4 Å². The summed E-state index contributed by atoms with van der Waals surface area (Å²) in [6.45, 7) is 2.84. The summed E-state index contributed by atoms with van der Waals surface area (Å²) in [6.07, 6.45) is 2.64. The average Bonchev–Trinajstić information content (AvgIpc) is 3.03. The van der Waals surface area contributed by atoms with Crippen molar-refractivity contribution < 1.29 is 10.2 Å². The largest absolute Gasteiger partial charge is 0.508 e. The predicted molar refractivity (Wildman–Crippen MR) is 99.6 cm³/mol. The highest BCUT2D eigenvalue weighted by Crippen LogP contribution is 2.30. The van der Waals surface area contributed by atoms with Gasteiger partial charge >= 0.3 is 0 Å². The van der Waals surface area contributed by atoms with Gasteiger partial charge in [-0.2, -0.15) is 0 Å². The van der Waals surface area contributed by atoms with E-state index < -0.39 is 0 Å². The molecule has 2 atom stereocenters. The standard InChI is InChI=1S/C20H25NO2S/c22-17-8-10-19(11-9-17)24-20-12-13-21(15-20)14-18(23)7-6-16-4-2-1-3-5-16/h1-5,8-11,18,20,22-23H,6-7,12-15H2/t18-,20-/m0/s1. The molecule has 1 saturated heterocycles. The Kier molecular flexibility index (Phi) is 6.18. The zero-order valence-corrected chi connectivity index (χ0v) is 14.7. The number of aromatic hydroxyl groups is 1. The molecule has 2 aromatic rings. The number of β-amino-alcohol motifs (C(OH)–C–C–N with tert-alkyl or cyclic N) is 1. The third-order valence-corrected chi connectivity index (χ3v) is 5.71. The molecule has 1 aliphatic rings. The third-order valence-electron chi connectivity index (χ3n) is 4.45. The summed E-state index contributed by atoms with van der Waals surface area (Å²) in [5.41, 5.74) is 1.29. The molecule has 4 heteroatoms. The van der Waals surface area contributed by atoms with Crippen LogP contribution in [0.2, 0.25) is 0 Å². The van der Waals surface area contributed by atoms with Gasteiger partial charge in [-0.1, -0.05) is 30.3 Å². The van der Waals surface area contributed by atoms with Crippen LogP contribution in [0.25, 0.3) is 0 Å². The van der Waals surface area contributed by atoms with E-state index >= 15 is 0 Å². The molecule has 0 bridgehead atoms. The molecular weight excluding hydrogens is 318 g/mol. The minimum atomic E-state index is -0.261. The number of hydrogen-bond acceptors (Lipinski definition) is 4. The first-order chi connectivity index (χ1) is 11.7. The fourth-order valence-electron chi connectivity index (χ4n) is 3.14. The Bertz CT molecular complexity index is 617. The lowest BCUT2D eigenvalue weighted by Gasteiger charge is -2.20. The van der Waals surface area contributed by atoms with Gasteiger partial charge in [0.2, 0.25) is 0 Å². The average molecular weight is 343 g/mol. The molecule has 0 aliphatic carbocycles. The van der Waals surface area contributed by atoms with E-state index in [2.05, 4.69) is 17.0 Å². The number of likely N-dealkylation sites (tertiary alicyclic amines) is 1. The topological polar surface area (TPSA) is 43.7 Å². The number of phenolic OH excluding ortho intramolecular Hbond substituents is 1. The molecule has 0 spiro atoms. The smallest absolute Gasteiger partial charge is 0.115 e. The Balaban J connectivity index is 1.40. The van der Waals surface area contributed by atoms with E-state index in [1.165, 1.54) is 10.5 Å². The van der Waals surface area contributed by atoms with Gasteiger partial charge < -0.3 is 10.2 Å². The number of thioether (sulfide) groups is 1. The van der Waals surface area contributed by atoms with Crippen molar-refractivity contribution in [2.24, 2.45) is 0 Å². The molecule has 0 amide bonds. The van der Waals surface area contributed by atoms with Crippen molar-refractivity contribution in [2.75, 3.05) is 19.6 Å². The number of aryl methyl sites for hydroxylation is 1. The number of nitrogens with zero attached hydrogens (tertiary/aromatic N) is 1. The SMILES string of the molecule is Oc1ccc(S[C@H]2CCN(C[C@@H](O)CCc3ccccc3)C2)cc1. The maximum Gasteiger partial charge on any atom is 0.115 e. The van der Waals surface area contributed by atoms with Crippen molar-refractivity contribution in [3.05, 3.63) is 60.2 Å². The summed E-state index contributed by atoms with van der Waals surface area (Å²) < 4.78 is 0. The van der Waals surface area contributed by atoms with E-state index in [0.717, 1.165) is 38.9 Å². The molecule has 0 unspecified atom stereocenters. The van der Waals surface area contributed by atoms with Gasteiger partial charge in [-0.05, 0) is 55.6 Å². The Morgan fingerprint density at radius 3 is 2.58 bits per heavy atom. The molecule has 3 rings (SSSR count). The summed E-state index contributed by atoms with van der Waals surface area (Å²) in [6, 6.07) is 17.8. The van der Waals surface area contributed by atoms with Gasteiger partial charge in [0.25, 0.3) is 0 Å². The summed E-state index contributed by atoms with van der Waals surface area (Å²) in [5, 5.41) is 20.2. The van der Waals surface area contributed by atoms with Crippen LogP contribution < -0.4 is 0 Å². The van der Waals surface area contributed by atoms with Crippen LogP contribution in [-0.4, -0.2) is 46.1 Å². The van der Waals surface area contributed by atoms with Crippen molar-refractivity contribution in [3.63, 3.8) is 0 Å². The minimum absolute atomic E-state index is 0.261. The molecule has 1 heterocycles. The van der Waals surface area contributed by atoms with Gasteiger partial charge in [0, 0.05) is 23.2 Å². The molecule has 0 radical (unpaired) electrons. The van der Waals surface area contributed by atoms with E-state index in [1.807, 2.05) is 42.1 Å². The molecule has 0 aromatic heterocycles. The zero-order valence-electron chi connectivity index (χ0n) is 13.8.